The van der Waals surface area contributed by atoms with Crippen molar-refractivity contribution < 1.29 is 0 Å². The molecule has 0 atom stereocenters. The van der Waals surface area contributed by atoms with Gasteiger partial charge in [-0.25, -0.2) is 4.99 Å². The molecule has 2 N–H and O–H groups in total. The van der Waals surface area contributed by atoms with Crippen LogP contribution in [0, 0.1) is 0 Å². The van der Waals surface area contributed by atoms with E-state index in [1.54, 1.807) is 0 Å². The van der Waals surface area contributed by atoms with Crippen molar-refractivity contribution in [2.24, 2.45) is 10.7 Å². The highest BCUT2D eigenvalue weighted by Crippen LogP contribution is 2.19. The maximum atomic E-state index is 5.56. The molecule has 12 heavy (non-hydrogen) atoms. The van der Waals surface area contributed by atoms with Crippen molar-refractivity contribution in [3.8, 4) is 0 Å². The number of aliphatic imine (C=N–C) groups is 1. The standard InChI is InChI=1S/C10H12N2/c11-10-7-6-9(12-10)8-4-2-1-3-5-8/h1-2,4,7H,3,5-6,11H2. The van der Waals surface area contributed by atoms with E-state index in [1.807, 2.05) is 6.08 Å². The molecule has 0 amide bonds. The monoisotopic (exact) mass is 160 g/mol. The summed E-state index contributed by atoms with van der Waals surface area (Å²) < 4.78 is 0. The Morgan fingerprint density at radius 2 is 2.33 bits per heavy atom. The van der Waals surface area contributed by atoms with Crippen molar-refractivity contribution in [3.63, 3.8) is 0 Å². The van der Waals surface area contributed by atoms with Crippen molar-refractivity contribution in [1.82, 2.24) is 0 Å². The number of allylic oxidation sites excluding steroid dienone is 5. The Kier molecular flexibility index (Phi) is 1.82. The summed E-state index contributed by atoms with van der Waals surface area (Å²) in [5.41, 5.74) is 8.05. The predicted molar refractivity (Wildman–Crippen MR) is 50.8 cm³/mol. The van der Waals surface area contributed by atoms with Gasteiger partial charge in [-0.2, -0.15) is 0 Å². The van der Waals surface area contributed by atoms with Crippen LogP contribution in [-0.4, -0.2) is 5.71 Å². The first kappa shape index (κ1) is 7.35. The first-order valence-corrected chi connectivity index (χ1v) is 4.25. The molecule has 0 aromatic rings. The fourth-order valence-corrected chi connectivity index (χ4v) is 1.49. The largest absolute Gasteiger partial charge is 0.384 e. The predicted octanol–water partition coefficient (Wildman–Crippen LogP) is 1.91. The second-order valence-electron chi connectivity index (χ2n) is 3.05. The quantitative estimate of drug-likeness (QED) is 0.625. The number of hydrogen-bond donors (Lipinski definition) is 1. The molecule has 0 saturated heterocycles. The van der Waals surface area contributed by atoms with Crippen molar-refractivity contribution >= 4 is 5.71 Å². The summed E-state index contributed by atoms with van der Waals surface area (Å²) in [6, 6.07) is 0. The zero-order valence-corrected chi connectivity index (χ0v) is 6.96. The Hall–Kier alpha value is -1.31. The van der Waals surface area contributed by atoms with Gasteiger partial charge in [-0.1, -0.05) is 18.2 Å². The number of nitrogens with two attached hydrogens (primary N) is 1. The third-order valence-electron chi connectivity index (χ3n) is 2.15. The molecule has 0 fully saturated rings. The summed E-state index contributed by atoms with van der Waals surface area (Å²) in [4.78, 5) is 4.27. The third kappa shape index (κ3) is 1.33. The van der Waals surface area contributed by atoms with Crippen molar-refractivity contribution in [3.05, 3.63) is 35.7 Å². The zero-order chi connectivity index (χ0) is 8.39. The van der Waals surface area contributed by atoms with E-state index in [4.69, 9.17) is 5.73 Å². The minimum Gasteiger partial charge on any atom is -0.384 e. The van der Waals surface area contributed by atoms with Gasteiger partial charge in [0.05, 0.1) is 0 Å². The number of hydrogen-bond acceptors (Lipinski definition) is 2. The summed E-state index contributed by atoms with van der Waals surface area (Å²) in [5, 5.41) is 0. The molecule has 1 heterocycles. The molecular weight excluding hydrogens is 148 g/mol. The molecule has 2 aliphatic rings. The fourth-order valence-electron chi connectivity index (χ4n) is 1.49. The second-order valence-corrected chi connectivity index (χ2v) is 3.05. The smallest absolute Gasteiger partial charge is 0.119 e. The van der Waals surface area contributed by atoms with E-state index in [1.165, 1.54) is 5.57 Å². The van der Waals surface area contributed by atoms with Gasteiger partial charge in [0.2, 0.25) is 0 Å². The fraction of sp³-hybridized carbons (Fsp3) is 0.300. The maximum Gasteiger partial charge on any atom is 0.119 e. The van der Waals surface area contributed by atoms with E-state index in [2.05, 4.69) is 23.2 Å². The molecule has 2 heteroatoms. The lowest BCUT2D eigenvalue weighted by Crippen LogP contribution is -2.01. The molecule has 0 aromatic heterocycles. The summed E-state index contributed by atoms with van der Waals surface area (Å²) in [7, 11) is 0. The summed E-state index contributed by atoms with van der Waals surface area (Å²) in [6.07, 6.45) is 11.5. The van der Waals surface area contributed by atoms with Crippen LogP contribution in [0.25, 0.3) is 0 Å². The van der Waals surface area contributed by atoms with Gasteiger partial charge in [0.1, 0.15) is 5.82 Å². The number of rotatable bonds is 1. The molecule has 0 spiro atoms. The van der Waals surface area contributed by atoms with Gasteiger partial charge in [0, 0.05) is 12.1 Å². The number of nitrogens with zero attached hydrogens (tertiary/aromatic N) is 1. The van der Waals surface area contributed by atoms with Gasteiger partial charge in [0.25, 0.3) is 0 Å². The van der Waals surface area contributed by atoms with E-state index >= 15 is 0 Å². The molecule has 62 valence electrons. The Bertz CT molecular complexity index is 306. The highest BCUT2D eigenvalue weighted by molar-refractivity contribution is 6.03. The van der Waals surface area contributed by atoms with Crippen LogP contribution in [0.1, 0.15) is 19.3 Å². The van der Waals surface area contributed by atoms with E-state index in [0.29, 0.717) is 5.82 Å². The van der Waals surface area contributed by atoms with Gasteiger partial charge in [-0.05, 0) is 24.5 Å². The Balaban J connectivity index is 2.16. The van der Waals surface area contributed by atoms with E-state index in [0.717, 1.165) is 25.0 Å². The minimum atomic E-state index is 0.667. The topological polar surface area (TPSA) is 38.4 Å². The summed E-state index contributed by atoms with van der Waals surface area (Å²) >= 11 is 0. The normalized spacial score (nSPS) is 21.8. The van der Waals surface area contributed by atoms with Crippen LogP contribution >= 0.6 is 0 Å². The molecule has 0 saturated carbocycles. The molecule has 0 radical (unpaired) electrons. The lowest BCUT2D eigenvalue weighted by Gasteiger charge is -2.07. The zero-order valence-electron chi connectivity index (χ0n) is 6.96. The first-order valence-electron chi connectivity index (χ1n) is 4.25. The highest BCUT2D eigenvalue weighted by Gasteiger charge is 2.11. The second kappa shape index (κ2) is 2.97. The Morgan fingerprint density at radius 3 is 2.92 bits per heavy atom. The lowest BCUT2D eigenvalue weighted by atomic mass is 9.99. The van der Waals surface area contributed by atoms with Crippen LogP contribution in [0.3, 0.4) is 0 Å². The average molecular weight is 160 g/mol. The van der Waals surface area contributed by atoms with Gasteiger partial charge < -0.3 is 5.73 Å². The third-order valence-corrected chi connectivity index (χ3v) is 2.15. The van der Waals surface area contributed by atoms with Crippen LogP contribution < -0.4 is 5.73 Å². The lowest BCUT2D eigenvalue weighted by molar-refractivity contribution is 0.999. The van der Waals surface area contributed by atoms with Crippen molar-refractivity contribution in [2.45, 2.75) is 19.3 Å². The Labute approximate surface area is 72.2 Å². The van der Waals surface area contributed by atoms with Crippen LogP contribution in [0.2, 0.25) is 0 Å². The molecule has 0 aromatic carbocycles. The van der Waals surface area contributed by atoms with Crippen LogP contribution in [0.15, 0.2) is 40.7 Å². The van der Waals surface area contributed by atoms with E-state index in [9.17, 15) is 0 Å². The minimum absolute atomic E-state index is 0.667. The van der Waals surface area contributed by atoms with E-state index < -0.39 is 0 Å². The first-order chi connectivity index (χ1) is 5.86. The van der Waals surface area contributed by atoms with Crippen molar-refractivity contribution in [1.29, 1.82) is 0 Å². The molecule has 0 unspecified atom stereocenters. The van der Waals surface area contributed by atoms with Gasteiger partial charge in [-0.3, -0.25) is 0 Å². The SMILES string of the molecule is NC1=CCC(C2=CC=CCC2)=N1. The molecular formula is C10H12N2. The van der Waals surface area contributed by atoms with Crippen LogP contribution in [0.5, 0.6) is 0 Å². The molecule has 2 nitrogen and oxygen atoms in total. The molecule has 2 rings (SSSR count). The Morgan fingerprint density at radius 1 is 1.42 bits per heavy atom. The van der Waals surface area contributed by atoms with Crippen molar-refractivity contribution in [2.75, 3.05) is 0 Å². The maximum absolute atomic E-state index is 5.56. The van der Waals surface area contributed by atoms with Gasteiger partial charge >= 0.3 is 0 Å². The van der Waals surface area contributed by atoms with Gasteiger partial charge in [-0.15, -0.1) is 0 Å². The molecule has 1 aliphatic carbocycles. The van der Waals surface area contributed by atoms with Crippen LogP contribution in [0.4, 0.5) is 0 Å². The molecule has 0 bridgehead atoms. The summed E-state index contributed by atoms with van der Waals surface area (Å²) in [6.45, 7) is 0. The molecule has 1 aliphatic heterocycles. The van der Waals surface area contributed by atoms with Gasteiger partial charge in [0.15, 0.2) is 0 Å². The summed E-state index contributed by atoms with van der Waals surface area (Å²) in [5.74, 6) is 0.667. The highest BCUT2D eigenvalue weighted by atomic mass is 14.9. The average Bonchev–Trinajstić information content (AvgIpc) is 2.54. The van der Waals surface area contributed by atoms with Crippen LogP contribution in [-0.2, 0) is 0 Å². The van der Waals surface area contributed by atoms with E-state index in [-0.39, 0.29) is 0 Å².